The summed E-state index contributed by atoms with van der Waals surface area (Å²) in [6.07, 6.45) is 2.21. The van der Waals surface area contributed by atoms with Crippen LogP contribution < -0.4 is 4.90 Å². The topological polar surface area (TPSA) is 13.1 Å². The van der Waals surface area contributed by atoms with Crippen LogP contribution in [0.15, 0.2) is 200 Å². The molecule has 0 bridgehead atoms. The molecule has 0 aliphatic heterocycles. The van der Waals surface area contributed by atoms with Crippen LogP contribution in [0, 0.1) is 0 Å². The molecule has 8 aromatic carbocycles. The lowest BCUT2D eigenvalue weighted by molar-refractivity contribution is 0.660. The van der Waals surface area contributed by atoms with Crippen LogP contribution in [-0.2, 0) is 5.41 Å². The zero-order chi connectivity index (χ0) is 37.4. The first-order chi connectivity index (χ1) is 27.5. The molecule has 0 saturated carbocycles. The number of nitrogens with zero attached hydrogens (tertiary/aromatic N) is 3. The molecule has 3 nitrogen and oxygen atoms in total. The number of rotatable bonds is 6. The molecule has 1 aliphatic rings. The Morgan fingerprint density at radius 2 is 1.05 bits per heavy atom. The summed E-state index contributed by atoms with van der Waals surface area (Å²) in [4.78, 5) is 2.37. The van der Waals surface area contributed by atoms with Gasteiger partial charge in [0.25, 0.3) is 0 Å². The molecule has 0 N–H and O–H groups in total. The average molecular weight is 718 g/mol. The van der Waals surface area contributed by atoms with Gasteiger partial charge in [-0.1, -0.05) is 135 Å². The Kier molecular flexibility index (Phi) is 7.20. The molecule has 0 spiro atoms. The van der Waals surface area contributed by atoms with Crippen LogP contribution in [0.3, 0.4) is 0 Å². The predicted molar refractivity (Wildman–Crippen MR) is 235 cm³/mol. The molecule has 10 aromatic rings. The Hall–Kier alpha value is -7.10. The minimum Gasteiger partial charge on any atom is -0.315 e. The van der Waals surface area contributed by atoms with Crippen LogP contribution in [0.25, 0.3) is 66.3 Å². The molecule has 56 heavy (non-hydrogen) atoms. The molecule has 11 rings (SSSR count). The third-order valence-electron chi connectivity index (χ3n) is 11.9. The van der Waals surface area contributed by atoms with E-state index in [1.165, 1.54) is 66.1 Å². The zero-order valence-electron chi connectivity index (χ0n) is 31.4. The van der Waals surface area contributed by atoms with E-state index in [9.17, 15) is 0 Å². The van der Waals surface area contributed by atoms with E-state index in [2.05, 4.69) is 228 Å². The number of aromatic nitrogens is 2. The highest BCUT2D eigenvalue weighted by atomic mass is 15.1. The summed E-state index contributed by atoms with van der Waals surface area (Å²) in [7, 11) is 0. The molecular weight excluding hydrogens is 679 g/mol. The maximum atomic E-state index is 2.42. The largest absolute Gasteiger partial charge is 0.315 e. The summed E-state index contributed by atoms with van der Waals surface area (Å²) in [5, 5.41) is 3.74. The van der Waals surface area contributed by atoms with Crippen LogP contribution in [0.5, 0.6) is 0 Å². The highest BCUT2D eigenvalue weighted by Crippen LogP contribution is 2.50. The van der Waals surface area contributed by atoms with Gasteiger partial charge in [0.1, 0.15) is 0 Å². The third kappa shape index (κ3) is 4.91. The first-order valence-corrected chi connectivity index (χ1v) is 19.4. The number of fused-ring (bicyclic) bond motifs is 8. The molecule has 1 aliphatic carbocycles. The van der Waals surface area contributed by atoms with E-state index in [1.54, 1.807) is 0 Å². The molecule has 0 saturated heterocycles. The van der Waals surface area contributed by atoms with Crippen molar-refractivity contribution in [1.82, 2.24) is 9.13 Å². The van der Waals surface area contributed by atoms with Gasteiger partial charge in [0, 0.05) is 56.2 Å². The van der Waals surface area contributed by atoms with Gasteiger partial charge in [-0.2, -0.15) is 0 Å². The molecule has 0 amide bonds. The molecule has 266 valence electrons. The molecule has 2 heterocycles. The quantitative estimate of drug-likeness (QED) is 0.167. The molecule has 0 unspecified atom stereocenters. The summed E-state index contributed by atoms with van der Waals surface area (Å²) in [5.41, 5.74) is 17.1. The Bertz CT molecular complexity index is 3080. The van der Waals surface area contributed by atoms with Crippen LogP contribution in [-0.4, -0.2) is 9.13 Å². The van der Waals surface area contributed by atoms with E-state index in [0.29, 0.717) is 0 Å². The van der Waals surface area contributed by atoms with Crippen LogP contribution in [0.1, 0.15) is 25.0 Å². The molecular formula is C53H39N3. The van der Waals surface area contributed by atoms with Gasteiger partial charge in [0.05, 0.1) is 16.6 Å². The second kappa shape index (κ2) is 12.5. The molecule has 2 aromatic heterocycles. The van der Waals surface area contributed by atoms with E-state index >= 15 is 0 Å². The Morgan fingerprint density at radius 1 is 0.429 bits per heavy atom. The standard InChI is InChI=1S/C53H39N3/c1-53(2)48-19-11-9-17-44(48)45-32-30-43(35-49(45)53)55(40-13-5-3-6-14-40)42-28-23-37(24-29-42)36-21-26-39(27-22-36)54-34-33-38-25-31-47-46-18-10-12-20-50(46)56(52(47)51(38)54)41-15-7-4-8-16-41/h3-35H,1-2H3. The maximum Gasteiger partial charge on any atom is 0.0788 e. The van der Waals surface area contributed by atoms with Gasteiger partial charge in [-0.3, -0.25) is 0 Å². The third-order valence-corrected chi connectivity index (χ3v) is 11.9. The summed E-state index contributed by atoms with van der Waals surface area (Å²) in [6.45, 7) is 4.69. The van der Waals surface area contributed by atoms with Gasteiger partial charge in [-0.25, -0.2) is 0 Å². The first kappa shape index (κ1) is 32.3. The van der Waals surface area contributed by atoms with Crippen molar-refractivity contribution in [2.45, 2.75) is 19.3 Å². The van der Waals surface area contributed by atoms with E-state index < -0.39 is 0 Å². The van der Waals surface area contributed by atoms with Crippen molar-refractivity contribution in [3.63, 3.8) is 0 Å². The first-order valence-electron chi connectivity index (χ1n) is 19.4. The van der Waals surface area contributed by atoms with Gasteiger partial charge >= 0.3 is 0 Å². The van der Waals surface area contributed by atoms with Crippen LogP contribution in [0.4, 0.5) is 17.1 Å². The van der Waals surface area contributed by atoms with Crippen molar-refractivity contribution in [1.29, 1.82) is 0 Å². The highest BCUT2D eigenvalue weighted by molar-refractivity contribution is 6.18. The van der Waals surface area contributed by atoms with Gasteiger partial charge in [0.15, 0.2) is 0 Å². The lowest BCUT2D eigenvalue weighted by Gasteiger charge is -2.28. The Morgan fingerprint density at radius 3 is 1.84 bits per heavy atom. The number of hydrogen-bond donors (Lipinski definition) is 0. The number of para-hydroxylation sites is 3. The zero-order valence-corrected chi connectivity index (χ0v) is 31.4. The molecule has 0 radical (unpaired) electrons. The summed E-state index contributed by atoms with van der Waals surface area (Å²) >= 11 is 0. The fraction of sp³-hybridized carbons (Fsp3) is 0.0566. The summed E-state index contributed by atoms with van der Waals surface area (Å²) in [5.74, 6) is 0. The number of anilines is 3. The predicted octanol–water partition coefficient (Wildman–Crippen LogP) is 14.2. The Balaban J connectivity index is 0.963. The SMILES string of the molecule is CC1(C)c2ccccc2-c2ccc(N(c3ccccc3)c3ccc(-c4ccc(-n5ccc6ccc7c8ccccc8n(-c8ccccc8)c7c65)cc4)cc3)cc21. The fourth-order valence-electron chi connectivity index (χ4n) is 9.21. The highest BCUT2D eigenvalue weighted by Gasteiger charge is 2.35. The van der Waals surface area contributed by atoms with Gasteiger partial charge in [-0.15, -0.1) is 0 Å². The molecule has 0 fully saturated rings. The number of benzene rings is 8. The van der Waals surface area contributed by atoms with Crippen LogP contribution >= 0.6 is 0 Å². The monoisotopic (exact) mass is 717 g/mol. The smallest absolute Gasteiger partial charge is 0.0788 e. The minimum atomic E-state index is -0.0699. The van der Waals surface area contributed by atoms with E-state index in [0.717, 1.165) is 28.4 Å². The lowest BCUT2D eigenvalue weighted by atomic mass is 9.82. The van der Waals surface area contributed by atoms with Crippen molar-refractivity contribution in [2.75, 3.05) is 4.90 Å². The van der Waals surface area contributed by atoms with Crippen molar-refractivity contribution in [3.05, 3.63) is 211 Å². The normalized spacial score (nSPS) is 13.0. The second-order valence-corrected chi connectivity index (χ2v) is 15.4. The average Bonchev–Trinajstić information content (AvgIpc) is 3.91. The van der Waals surface area contributed by atoms with Gasteiger partial charge in [-0.05, 0) is 106 Å². The van der Waals surface area contributed by atoms with Gasteiger partial charge < -0.3 is 14.0 Å². The summed E-state index contributed by atoms with van der Waals surface area (Å²) in [6, 6.07) is 70.7. The van der Waals surface area contributed by atoms with Crippen molar-refractivity contribution in [2.24, 2.45) is 0 Å². The lowest BCUT2D eigenvalue weighted by Crippen LogP contribution is -2.16. The van der Waals surface area contributed by atoms with Gasteiger partial charge in [0.2, 0.25) is 0 Å². The Labute approximate surface area is 327 Å². The van der Waals surface area contributed by atoms with Crippen LogP contribution in [0.2, 0.25) is 0 Å². The summed E-state index contributed by atoms with van der Waals surface area (Å²) < 4.78 is 4.76. The second-order valence-electron chi connectivity index (χ2n) is 15.4. The molecule has 3 heteroatoms. The molecule has 0 atom stereocenters. The van der Waals surface area contributed by atoms with E-state index in [1.807, 2.05) is 0 Å². The minimum absolute atomic E-state index is 0.0699. The van der Waals surface area contributed by atoms with E-state index in [4.69, 9.17) is 0 Å². The van der Waals surface area contributed by atoms with E-state index in [-0.39, 0.29) is 5.41 Å². The van der Waals surface area contributed by atoms with Crippen molar-refractivity contribution >= 4 is 49.8 Å². The van der Waals surface area contributed by atoms with Crippen molar-refractivity contribution < 1.29 is 0 Å². The maximum absolute atomic E-state index is 2.42. The van der Waals surface area contributed by atoms with Crippen molar-refractivity contribution in [3.8, 4) is 33.6 Å². The number of hydrogen-bond acceptors (Lipinski definition) is 1. The fourth-order valence-corrected chi connectivity index (χ4v) is 9.21.